The van der Waals surface area contributed by atoms with Gasteiger partial charge in [0.05, 0.1) is 0 Å². The van der Waals surface area contributed by atoms with E-state index in [1.54, 1.807) is 6.07 Å². The molecule has 13 heavy (non-hydrogen) atoms. The Bertz CT molecular complexity index is 260. The Kier molecular flexibility index (Phi) is 3.77. The van der Waals surface area contributed by atoms with Gasteiger partial charge in [-0.05, 0) is 24.5 Å². The third-order valence-corrected chi connectivity index (χ3v) is 2.13. The lowest BCUT2D eigenvalue weighted by molar-refractivity contribution is 0.462. The normalized spacial score (nSPS) is 12.8. The lowest BCUT2D eigenvalue weighted by Crippen LogP contribution is -2.22. The van der Waals surface area contributed by atoms with Gasteiger partial charge in [0.15, 0.2) is 0 Å². The number of nitrogens with two attached hydrogens (primary N) is 1. The average molecular weight is 179 g/mol. The summed E-state index contributed by atoms with van der Waals surface area (Å²) in [7, 11) is 0. The molecule has 1 aromatic carbocycles. The molecule has 0 saturated carbocycles. The number of phenolic OH excluding ortho intramolecular Hbond substituents is 1. The molecule has 0 aliphatic heterocycles. The summed E-state index contributed by atoms with van der Waals surface area (Å²) in [6.07, 6.45) is 2.86. The maximum atomic E-state index is 9.47. The first-order chi connectivity index (χ1) is 6.24. The van der Waals surface area contributed by atoms with Gasteiger partial charge in [-0.15, -0.1) is 0 Å². The fourth-order valence-corrected chi connectivity index (χ4v) is 1.44. The molecule has 0 saturated heterocycles. The highest BCUT2D eigenvalue weighted by atomic mass is 16.3. The second-order valence-electron chi connectivity index (χ2n) is 3.38. The van der Waals surface area contributed by atoms with Gasteiger partial charge in [0.1, 0.15) is 5.75 Å². The zero-order chi connectivity index (χ0) is 9.68. The van der Waals surface area contributed by atoms with E-state index in [1.807, 2.05) is 18.2 Å². The van der Waals surface area contributed by atoms with Gasteiger partial charge in [0.25, 0.3) is 0 Å². The van der Waals surface area contributed by atoms with Crippen molar-refractivity contribution in [1.29, 1.82) is 0 Å². The summed E-state index contributed by atoms with van der Waals surface area (Å²) in [5.41, 5.74) is 6.82. The molecule has 72 valence electrons. The van der Waals surface area contributed by atoms with Gasteiger partial charge in [0, 0.05) is 6.04 Å². The SMILES string of the molecule is CCCC(N)Cc1ccccc1O. The summed E-state index contributed by atoms with van der Waals surface area (Å²) in [5.74, 6) is 0.356. The largest absolute Gasteiger partial charge is 0.508 e. The molecule has 0 heterocycles. The standard InChI is InChI=1S/C11H17NO/c1-2-5-10(12)8-9-6-3-4-7-11(9)13/h3-4,6-7,10,13H,2,5,8,12H2,1H3. The lowest BCUT2D eigenvalue weighted by Gasteiger charge is -2.10. The Labute approximate surface area is 79.4 Å². The molecule has 1 aromatic rings. The van der Waals surface area contributed by atoms with Gasteiger partial charge in [-0.3, -0.25) is 0 Å². The molecule has 1 rings (SSSR count). The van der Waals surface area contributed by atoms with Crippen LogP contribution in [0.25, 0.3) is 0 Å². The van der Waals surface area contributed by atoms with Gasteiger partial charge >= 0.3 is 0 Å². The number of para-hydroxylation sites is 1. The van der Waals surface area contributed by atoms with Crippen LogP contribution in [0.15, 0.2) is 24.3 Å². The first-order valence-electron chi connectivity index (χ1n) is 4.76. The third kappa shape index (κ3) is 3.07. The van der Waals surface area contributed by atoms with Crippen LogP contribution in [-0.2, 0) is 6.42 Å². The van der Waals surface area contributed by atoms with Crippen LogP contribution in [0.1, 0.15) is 25.3 Å². The molecule has 0 aliphatic carbocycles. The number of phenols is 1. The van der Waals surface area contributed by atoms with Crippen LogP contribution in [0.5, 0.6) is 5.75 Å². The van der Waals surface area contributed by atoms with E-state index in [1.165, 1.54) is 0 Å². The monoisotopic (exact) mass is 179 g/mol. The maximum Gasteiger partial charge on any atom is 0.118 e. The average Bonchev–Trinajstić information content (AvgIpc) is 2.09. The van der Waals surface area contributed by atoms with E-state index in [-0.39, 0.29) is 6.04 Å². The highest BCUT2D eigenvalue weighted by Crippen LogP contribution is 2.17. The Hall–Kier alpha value is -1.02. The van der Waals surface area contributed by atoms with Crippen molar-refractivity contribution in [2.45, 2.75) is 32.2 Å². The van der Waals surface area contributed by atoms with E-state index in [4.69, 9.17) is 5.73 Å². The summed E-state index contributed by atoms with van der Waals surface area (Å²) in [6, 6.07) is 7.54. The summed E-state index contributed by atoms with van der Waals surface area (Å²) in [5, 5.41) is 9.47. The maximum absolute atomic E-state index is 9.47. The smallest absolute Gasteiger partial charge is 0.118 e. The van der Waals surface area contributed by atoms with E-state index in [0.29, 0.717) is 5.75 Å². The highest BCUT2D eigenvalue weighted by Gasteiger charge is 2.05. The van der Waals surface area contributed by atoms with E-state index < -0.39 is 0 Å². The van der Waals surface area contributed by atoms with Crippen LogP contribution in [-0.4, -0.2) is 11.1 Å². The Morgan fingerprint density at radius 1 is 1.38 bits per heavy atom. The fourth-order valence-electron chi connectivity index (χ4n) is 1.44. The minimum atomic E-state index is 0.165. The van der Waals surface area contributed by atoms with E-state index in [0.717, 1.165) is 24.8 Å². The number of hydrogen-bond acceptors (Lipinski definition) is 2. The van der Waals surface area contributed by atoms with Crippen LogP contribution < -0.4 is 5.73 Å². The van der Waals surface area contributed by atoms with Crippen LogP contribution in [0.3, 0.4) is 0 Å². The van der Waals surface area contributed by atoms with Crippen LogP contribution in [0.4, 0.5) is 0 Å². The molecule has 2 heteroatoms. The molecule has 0 radical (unpaired) electrons. The molecule has 1 atom stereocenters. The van der Waals surface area contributed by atoms with E-state index in [2.05, 4.69) is 6.92 Å². The van der Waals surface area contributed by atoms with Crippen LogP contribution in [0.2, 0.25) is 0 Å². The Morgan fingerprint density at radius 3 is 2.69 bits per heavy atom. The number of hydrogen-bond donors (Lipinski definition) is 2. The van der Waals surface area contributed by atoms with Crippen LogP contribution in [0, 0.1) is 0 Å². The topological polar surface area (TPSA) is 46.2 Å². The van der Waals surface area contributed by atoms with Crippen molar-refractivity contribution in [3.8, 4) is 5.75 Å². The number of aromatic hydroxyl groups is 1. The van der Waals surface area contributed by atoms with Crippen molar-refractivity contribution in [2.75, 3.05) is 0 Å². The summed E-state index contributed by atoms with van der Waals surface area (Å²) in [6.45, 7) is 2.12. The first-order valence-corrected chi connectivity index (χ1v) is 4.76. The van der Waals surface area contributed by atoms with Crippen molar-refractivity contribution in [2.24, 2.45) is 5.73 Å². The molecule has 2 nitrogen and oxygen atoms in total. The molecule has 0 fully saturated rings. The predicted molar refractivity (Wildman–Crippen MR) is 54.7 cm³/mol. The number of rotatable bonds is 4. The van der Waals surface area contributed by atoms with Gasteiger partial charge in [0.2, 0.25) is 0 Å². The molecule has 0 aliphatic rings. The number of benzene rings is 1. The van der Waals surface area contributed by atoms with Gasteiger partial charge in [-0.25, -0.2) is 0 Å². The van der Waals surface area contributed by atoms with Crippen LogP contribution >= 0.6 is 0 Å². The molecule has 0 bridgehead atoms. The Morgan fingerprint density at radius 2 is 2.08 bits per heavy atom. The minimum absolute atomic E-state index is 0.165. The van der Waals surface area contributed by atoms with Gasteiger partial charge in [-0.1, -0.05) is 31.5 Å². The third-order valence-electron chi connectivity index (χ3n) is 2.13. The fraction of sp³-hybridized carbons (Fsp3) is 0.455. The zero-order valence-electron chi connectivity index (χ0n) is 8.03. The summed E-state index contributed by atoms with van der Waals surface area (Å²) in [4.78, 5) is 0. The van der Waals surface area contributed by atoms with E-state index in [9.17, 15) is 5.11 Å². The second-order valence-corrected chi connectivity index (χ2v) is 3.38. The molecule has 3 N–H and O–H groups in total. The molecular weight excluding hydrogens is 162 g/mol. The molecular formula is C11H17NO. The molecule has 1 unspecified atom stereocenters. The quantitative estimate of drug-likeness (QED) is 0.743. The van der Waals surface area contributed by atoms with Crippen molar-refractivity contribution < 1.29 is 5.11 Å². The van der Waals surface area contributed by atoms with Gasteiger partial charge < -0.3 is 10.8 Å². The highest BCUT2D eigenvalue weighted by molar-refractivity contribution is 5.32. The molecule has 0 aromatic heterocycles. The van der Waals surface area contributed by atoms with Gasteiger partial charge in [-0.2, -0.15) is 0 Å². The van der Waals surface area contributed by atoms with Crippen molar-refractivity contribution in [3.05, 3.63) is 29.8 Å². The first kappa shape index (κ1) is 10.1. The summed E-state index contributed by atoms with van der Waals surface area (Å²) < 4.78 is 0. The Balaban J connectivity index is 2.58. The van der Waals surface area contributed by atoms with Crippen molar-refractivity contribution in [3.63, 3.8) is 0 Å². The zero-order valence-corrected chi connectivity index (χ0v) is 8.03. The predicted octanol–water partition coefficient (Wildman–Crippen LogP) is 2.06. The lowest BCUT2D eigenvalue weighted by atomic mass is 10.0. The minimum Gasteiger partial charge on any atom is -0.508 e. The summed E-state index contributed by atoms with van der Waals surface area (Å²) >= 11 is 0. The second kappa shape index (κ2) is 4.87. The molecule has 0 spiro atoms. The van der Waals surface area contributed by atoms with Crippen molar-refractivity contribution >= 4 is 0 Å². The van der Waals surface area contributed by atoms with E-state index >= 15 is 0 Å². The van der Waals surface area contributed by atoms with Crippen molar-refractivity contribution in [1.82, 2.24) is 0 Å². The molecule has 0 amide bonds.